The van der Waals surface area contributed by atoms with Crippen LogP contribution in [0.5, 0.6) is 0 Å². The van der Waals surface area contributed by atoms with E-state index in [0.717, 1.165) is 0 Å². The number of aryl methyl sites for hydroxylation is 1. The summed E-state index contributed by atoms with van der Waals surface area (Å²) in [6, 6.07) is 11.1. The molecule has 1 unspecified atom stereocenters. The maximum Gasteiger partial charge on any atom is 0.0702 e. The van der Waals surface area contributed by atoms with E-state index in [1.165, 1.54) is 25.4 Å². The second kappa shape index (κ2) is 5.34. The largest absolute Gasteiger partial charge is 0.309 e. The van der Waals surface area contributed by atoms with Crippen LogP contribution in [0.1, 0.15) is 27.6 Å². The highest BCUT2D eigenvalue weighted by Crippen LogP contribution is 2.32. The van der Waals surface area contributed by atoms with Gasteiger partial charge in [0.15, 0.2) is 0 Å². The summed E-state index contributed by atoms with van der Waals surface area (Å²) in [5.74, 6) is 0. The highest BCUT2D eigenvalue weighted by molar-refractivity contribution is 9.11. The van der Waals surface area contributed by atoms with Gasteiger partial charge in [0.25, 0.3) is 0 Å². The van der Waals surface area contributed by atoms with E-state index in [0.29, 0.717) is 0 Å². The number of rotatable bonds is 3. The SMILES string of the molecule is CNC(c1ccc(Br)s1)c1cccc(C)c1C. The van der Waals surface area contributed by atoms with Crippen LogP contribution in [0.15, 0.2) is 34.1 Å². The fraction of sp³-hybridized carbons (Fsp3) is 0.286. The molecular formula is C14H16BrNS. The Hall–Kier alpha value is -0.640. The minimum atomic E-state index is 0.284. The van der Waals surface area contributed by atoms with E-state index in [1.54, 1.807) is 11.3 Å². The molecule has 0 aliphatic heterocycles. The van der Waals surface area contributed by atoms with E-state index in [-0.39, 0.29) is 6.04 Å². The summed E-state index contributed by atoms with van der Waals surface area (Å²) >= 11 is 5.31. The van der Waals surface area contributed by atoms with E-state index in [1.807, 2.05) is 7.05 Å². The predicted octanol–water partition coefficient (Wildman–Crippen LogP) is 4.44. The maximum absolute atomic E-state index is 3.53. The van der Waals surface area contributed by atoms with Crippen LogP contribution in [0.25, 0.3) is 0 Å². The topological polar surface area (TPSA) is 12.0 Å². The van der Waals surface area contributed by atoms with Crippen LogP contribution < -0.4 is 5.32 Å². The molecule has 1 atom stereocenters. The van der Waals surface area contributed by atoms with Crippen molar-refractivity contribution in [3.05, 3.63) is 55.7 Å². The average molecular weight is 310 g/mol. The quantitative estimate of drug-likeness (QED) is 0.884. The third-order valence-corrected chi connectivity index (χ3v) is 4.81. The number of halogens is 1. The second-order valence-electron chi connectivity index (χ2n) is 4.15. The number of benzene rings is 1. The Morgan fingerprint density at radius 3 is 2.53 bits per heavy atom. The molecule has 0 amide bonds. The Morgan fingerprint density at radius 2 is 1.94 bits per heavy atom. The Balaban J connectivity index is 2.45. The van der Waals surface area contributed by atoms with Crippen molar-refractivity contribution >= 4 is 27.3 Å². The molecule has 2 rings (SSSR count). The Labute approximate surface area is 115 Å². The van der Waals surface area contributed by atoms with Crippen molar-refractivity contribution in [2.45, 2.75) is 19.9 Å². The molecule has 0 spiro atoms. The van der Waals surface area contributed by atoms with Crippen LogP contribution in [0.2, 0.25) is 0 Å². The van der Waals surface area contributed by atoms with Crippen molar-refractivity contribution in [1.29, 1.82) is 0 Å². The van der Waals surface area contributed by atoms with Gasteiger partial charge in [-0.25, -0.2) is 0 Å². The van der Waals surface area contributed by atoms with Gasteiger partial charge in [-0.3, -0.25) is 0 Å². The molecule has 0 bridgehead atoms. The number of hydrogen-bond acceptors (Lipinski definition) is 2. The van der Waals surface area contributed by atoms with Gasteiger partial charge in [-0.2, -0.15) is 0 Å². The maximum atomic E-state index is 3.53. The van der Waals surface area contributed by atoms with Crippen LogP contribution >= 0.6 is 27.3 Å². The van der Waals surface area contributed by atoms with Gasteiger partial charge in [-0.05, 0) is 65.6 Å². The molecule has 0 aliphatic rings. The van der Waals surface area contributed by atoms with Crippen molar-refractivity contribution in [1.82, 2.24) is 5.32 Å². The van der Waals surface area contributed by atoms with E-state index < -0.39 is 0 Å². The first-order valence-corrected chi connectivity index (χ1v) is 7.23. The van der Waals surface area contributed by atoms with Crippen molar-refractivity contribution in [2.75, 3.05) is 7.05 Å². The lowest BCUT2D eigenvalue weighted by molar-refractivity contribution is 0.698. The first-order chi connectivity index (χ1) is 8.13. The predicted molar refractivity (Wildman–Crippen MR) is 78.8 cm³/mol. The molecule has 1 N–H and O–H groups in total. The Morgan fingerprint density at radius 1 is 1.18 bits per heavy atom. The van der Waals surface area contributed by atoms with Crippen LogP contribution in [-0.2, 0) is 0 Å². The van der Waals surface area contributed by atoms with E-state index in [9.17, 15) is 0 Å². The molecule has 1 aromatic heterocycles. The first-order valence-electron chi connectivity index (χ1n) is 5.62. The standard InChI is InChI=1S/C14H16BrNS/c1-9-5-4-6-11(10(9)2)14(16-3)12-7-8-13(15)17-12/h4-8,14,16H,1-3H3. The molecule has 17 heavy (non-hydrogen) atoms. The lowest BCUT2D eigenvalue weighted by atomic mass is 9.97. The Bertz CT molecular complexity index is 519. The minimum absolute atomic E-state index is 0.284. The number of thiophene rings is 1. The molecule has 3 heteroatoms. The van der Waals surface area contributed by atoms with E-state index >= 15 is 0 Å². The van der Waals surface area contributed by atoms with Crippen molar-refractivity contribution < 1.29 is 0 Å². The van der Waals surface area contributed by atoms with Crippen molar-refractivity contribution in [3.63, 3.8) is 0 Å². The average Bonchev–Trinajstić information content (AvgIpc) is 2.72. The normalized spacial score (nSPS) is 12.7. The summed E-state index contributed by atoms with van der Waals surface area (Å²) in [5.41, 5.74) is 4.08. The molecule has 0 saturated heterocycles. The van der Waals surface area contributed by atoms with Crippen molar-refractivity contribution in [3.8, 4) is 0 Å². The molecule has 90 valence electrons. The van der Waals surface area contributed by atoms with Crippen LogP contribution in [-0.4, -0.2) is 7.05 Å². The molecule has 1 heterocycles. The molecule has 0 fully saturated rings. The molecule has 1 aromatic carbocycles. The summed E-state index contributed by atoms with van der Waals surface area (Å²) in [4.78, 5) is 1.34. The van der Waals surface area contributed by atoms with Crippen LogP contribution in [0.4, 0.5) is 0 Å². The zero-order chi connectivity index (χ0) is 12.4. The highest BCUT2D eigenvalue weighted by Gasteiger charge is 2.16. The molecule has 0 saturated carbocycles. The van der Waals surface area contributed by atoms with Gasteiger partial charge in [0, 0.05) is 4.88 Å². The number of hydrogen-bond donors (Lipinski definition) is 1. The molecule has 2 aromatic rings. The highest BCUT2D eigenvalue weighted by atomic mass is 79.9. The zero-order valence-electron chi connectivity index (χ0n) is 10.3. The summed E-state index contributed by atoms with van der Waals surface area (Å²) in [5, 5.41) is 3.41. The van der Waals surface area contributed by atoms with Gasteiger partial charge in [-0.1, -0.05) is 18.2 Å². The molecule has 0 radical (unpaired) electrons. The van der Waals surface area contributed by atoms with Gasteiger partial charge in [0.2, 0.25) is 0 Å². The van der Waals surface area contributed by atoms with Gasteiger partial charge in [0.05, 0.1) is 9.83 Å². The summed E-state index contributed by atoms with van der Waals surface area (Å²) in [6.45, 7) is 4.35. The first kappa shape index (κ1) is 12.8. The van der Waals surface area contributed by atoms with Crippen LogP contribution in [0.3, 0.4) is 0 Å². The van der Waals surface area contributed by atoms with E-state index in [2.05, 4.69) is 65.4 Å². The fourth-order valence-electron chi connectivity index (χ4n) is 2.02. The monoisotopic (exact) mass is 309 g/mol. The number of nitrogens with one attached hydrogen (secondary N) is 1. The fourth-order valence-corrected chi connectivity index (χ4v) is 3.57. The molecule has 0 aliphatic carbocycles. The minimum Gasteiger partial charge on any atom is -0.309 e. The molecular weight excluding hydrogens is 294 g/mol. The lowest BCUT2D eigenvalue weighted by Crippen LogP contribution is -2.17. The Kier molecular flexibility index (Phi) is 4.02. The van der Waals surface area contributed by atoms with Gasteiger partial charge < -0.3 is 5.32 Å². The van der Waals surface area contributed by atoms with Crippen molar-refractivity contribution in [2.24, 2.45) is 0 Å². The summed E-state index contributed by atoms with van der Waals surface area (Å²) in [6.07, 6.45) is 0. The van der Waals surface area contributed by atoms with Gasteiger partial charge in [0.1, 0.15) is 0 Å². The third kappa shape index (κ3) is 2.62. The molecule has 1 nitrogen and oxygen atoms in total. The van der Waals surface area contributed by atoms with Crippen LogP contribution in [0, 0.1) is 13.8 Å². The summed E-state index contributed by atoms with van der Waals surface area (Å²) < 4.78 is 1.18. The van der Waals surface area contributed by atoms with E-state index in [4.69, 9.17) is 0 Å². The second-order valence-corrected chi connectivity index (χ2v) is 6.65. The summed E-state index contributed by atoms with van der Waals surface area (Å²) in [7, 11) is 2.01. The van der Waals surface area contributed by atoms with Gasteiger partial charge in [-0.15, -0.1) is 11.3 Å². The zero-order valence-corrected chi connectivity index (χ0v) is 12.7. The smallest absolute Gasteiger partial charge is 0.0702 e. The lowest BCUT2D eigenvalue weighted by Gasteiger charge is -2.18. The van der Waals surface area contributed by atoms with Gasteiger partial charge >= 0.3 is 0 Å². The third-order valence-electron chi connectivity index (χ3n) is 3.12.